The molecule has 3 atom stereocenters. The molecule has 10 nitrogen and oxygen atoms in total. The van der Waals surface area contributed by atoms with Crippen LogP contribution in [0.4, 0.5) is 20.2 Å². The Hall–Kier alpha value is -5.49. The van der Waals surface area contributed by atoms with Gasteiger partial charge < -0.3 is 24.5 Å². The van der Waals surface area contributed by atoms with E-state index in [0.29, 0.717) is 42.5 Å². The number of nitrogens with zero attached hydrogens (tertiary/aromatic N) is 4. The first-order valence-corrected chi connectivity index (χ1v) is 20.1. The van der Waals surface area contributed by atoms with Gasteiger partial charge in [0.25, 0.3) is 5.91 Å². The van der Waals surface area contributed by atoms with E-state index in [1.165, 1.54) is 12.1 Å². The molecule has 3 unspecified atom stereocenters. The van der Waals surface area contributed by atoms with E-state index in [4.69, 9.17) is 4.74 Å². The molecule has 5 heterocycles. The molecule has 2 N–H and O–H groups in total. The van der Waals surface area contributed by atoms with Gasteiger partial charge in [-0.05, 0) is 103 Å². The van der Waals surface area contributed by atoms with E-state index in [-0.39, 0.29) is 47.5 Å². The number of carbonyl (C=O) groups is 3. The summed E-state index contributed by atoms with van der Waals surface area (Å²) >= 11 is 0. The number of amides is 3. The molecule has 0 spiro atoms. The van der Waals surface area contributed by atoms with Crippen LogP contribution in [0.2, 0.25) is 0 Å². The van der Waals surface area contributed by atoms with Crippen molar-refractivity contribution in [2.24, 2.45) is 5.92 Å². The summed E-state index contributed by atoms with van der Waals surface area (Å²) < 4.78 is 36.3. The fourth-order valence-electron chi connectivity index (χ4n) is 9.77. The third-order valence-electron chi connectivity index (χ3n) is 12.8. The number of nitrogens with one attached hydrogen (secondary N) is 1. The summed E-state index contributed by atoms with van der Waals surface area (Å²) in [5.41, 5.74) is 6.68. The van der Waals surface area contributed by atoms with Gasteiger partial charge in [0.1, 0.15) is 29.2 Å². The van der Waals surface area contributed by atoms with Crippen molar-refractivity contribution < 1.29 is 33.0 Å². The van der Waals surface area contributed by atoms with Crippen molar-refractivity contribution in [2.45, 2.75) is 57.0 Å². The minimum atomic E-state index is -0.618. The highest BCUT2D eigenvalue weighted by atomic mass is 19.1. The Balaban J connectivity index is 0.805. The summed E-state index contributed by atoms with van der Waals surface area (Å²) in [5.74, 6) is -0.607. The standard InChI is InChI=1S/C45H47F2N5O5/c1-27-20-31(46)3-6-34(27)37-26-57-41-23-33(53)5-8-36(41)43(37)29-2-9-39(38(47)22-29)51-14-12-28(13-15-51)24-49-16-18-50(19-17-49)32-4-7-35-30(21-32)25-52(45(35)56)40-10-11-42(54)48-44(40)55/h2-9,20-23,28,37,40,43,53H,10-19,24-26H2,1H3,(H,48,54,55). The number of phenols is 1. The molecule has 4 aromatic carbocycles. The Labute approximate surface area is 331 Å². The van der Waals surface area contributed by atoms with Crippen LogP contribution in [0.25, 0.3) is 0 Å². The first-order chi connectivity index (χ1) is 27.6. The number of fused-ring (bicyclic) bond motifs is 2. The van der Waals surface area contributed by atoms with Crippen LogP contribution in [0.3, 0.4) is 0 Å². The predicted octanol–water partition coefficient (Wildman–Crippen LogP) is 6.09. The maximum atomic E-state index is 16.1. The minimum absolute atomic E-state index is 0.105. The maximum absolute atomic E-state index is 16.1. The number of ether oxygens (including phenoxy) is 1. The summed E-state index contributed by atoms with van der Waals surface area (Å²) in [6.07, 6.45) is 2.55. The number of carbonyl (C=O) groups excluding carboxylic acids is 3. The third kappa shape index (κ3) is 7.20. The Bertz CT molecular complexity index is 2230. The average Bonchev–Trinajstić information content (AvgIpc) is 3.53. The fourth-order valence-corrected chi connectivity index (χ4v) is 9.77. The highest BCUT2D eigenvalue weighted by molar-refractivity contribution is 6.05. The number of anilines is 2. The first-order valence-electron chi connectivity index (χ1n) is 20.1. The van der Waals surface area contributed by atoms with Gasteiger partial charge in [0.2, 0.25) is 11.8 Å². The number of halogens is 2. The number of benzene rings is 4. The molecule has 5 aliphatic heterocycles. The van der Waals surface area contributed by atoms with Gasteiger partial charge in [0, 0.05) is 93.5 Å². The van der Waals surface area contributed by atoms with Gasteiger partial charge in [-0.25, -0.2) is 8.78 Å². The number of aromatic hydroxyl groups is 1. The molecule has 3 saturated heterocycles. The van der Waals surface area contributed by atoms with Gasteiger partial charge >= 0.3 is 0 Å². The molecule has 3 amide bonds. The number of aryl methyl sites for hydroxylation is 1. The van der Waals surface area contributed by atoms with Gasteiger partial charge in [-0.3, -0.25) is 24.6 Å². The predicted molar refractivity (Wildman–Crippen MR) is 212 cm³/mol. The quantitative estimate of drug-likeness (QED) is 0.218. The van der Waals surface area contributed by atoms with Crippen molar-refractivity contribution in [1.82, 2.24) is 15.1 Å². The second-order valence-electron chi connectivity index (χ2n) is 16.3. The van der Waals surface area contributed by atoms with Crippen molar-refractivity contribution >= 4 is 29.1 Å². The Morgan fingerprint density at radius 1 is 0.825 bits per heavy atom. The molecule has 4 aromatic rings. The summed E-state index contributed by atoms with van der Waals surface area (Å²) in [7, 11) is 0. The Morgan fingerprint density at radius 3 is 2.37 bits per heavy atom. The SMILES string of the molecule is Cc1cc(F)ccc1C1COc2cc(O)ccc2C1c1ccc(N2CCC(CN3CCN(c4ccc5c(c4)CN(C4CCC(=O)NC4=O)C5=O)CC3)CC2)c(F)c1. The van der Waals surface area contributed by atoms with E-state index in [9.17, 15) is 23.9 Å². The molecule has 3 fully saturated rings. The number of hydrogen-bond donors (Lipinski definition) is 2. The highest BCUT2D eigenvalue weighted by Crippen LogP contribution is 2.48. The third-order valence-corrected chi connectivity index (χ3v) is 12.8. The lowest BCUT2D eigenvalue weighted by molar-refractivity contribution is -0.136. The zero-order valence-electron chi connectivity index (χ0n) is 32.1. The molecular formula is C45H47F2N5O5. The summed E-state index contributed by atoms with van der Waals surface area (Å²) in [4.78, 5) is 45.9. The topological polar surface area (TPSA) is 106 Å². The fraction of sp³-hybridized carbons (Fsp3) is 0.400. The van der Waals surface area contributed by atoms with Crippen LogP contribution in [0, 0.1) is 24.5 Å². The maximum Gasteiger partial charge on any atom is 0.255 e. The van der Waals surface area contributed by atoms with Gasteiger partial charge in [0.05, 0.1) is 12.3 Å². The molecule has 0 radical (unpaired) electrons. The number of piperidine rings is 2. The second kappa shape index (κ2) is 15.1. The smallest absolute Gasteiger partial charge is 0.255 e. The second-order valence-corrected chi connectivity index (χ2v) is 16.3. The largest absolute Gasteiger partial charge is 0.508 e. The minimum Gasteiger partial charge on any atom is -0.508 e. The monoisotopic (exact) mass is 775 g/mol. The van der Waals surface area contributed by atoms with E-state index in [2.05, 4.69) is 26.1 Å². The van der Waals surface area contributed by atoms with E-state index in [1.807, 2.05) is 37.3 Å². The molecule has 12 heteroatoms. The number of hydrogen-bond acceptors (Lipinski definition) is 8. The number of phenolic OH excluding ortho intramolecular Hbond substituents is 1. The van der Waals surface area contributed by atoms with Crippen molar-refractivity contribution in [2.75, 3.05) is 62.2 Å². The van der Waals surface area contributed by atoms with E-state index >= 15 is 4.39 Å². The molecule has 5 aliphatic rings. The number of imide groups is 1. The van der Waals surface area contributed by atoms with Crippen LogP contribution in [-0.2, 0) is 16.1 Å². The molecule has 0 saturated carbocycles. The molecule has 9 rings (SSSR count). The first kappa shape index (κ1) is 37.1. The van der Waals surface area contributed by atoms with Gasteiger partial charge in [-0.2, -0.15) is 0 Å². The zero-order valence-corrected chi connectivity index (χ0v) is 32.1. The van der Waals surface area contributed by atoms with Crippen LogP contribution >= 0.6 is 0 Å². The normalized spacial score (nSPS) is 23.0. The Kier molecular flexibility index (Phi) is 9.84. The van der Waals surface area contributed by atoms with E-state index in [0.717, 1.165) is 92.2 Å². The van der Waals surface area contributed by atoms with E-state index in [1.54, 1.807) is 29.2 Å². The van der Waals surface area contributed by atoms with E-state index < -0.39 is 11.9 Å². The van der Waals surface area contributed by atoms with Crippen LogP contribution in [0.1, 0.15) is 75.7 Å². The molecular weight excluding hydrogens is 729 g/mol. The van der Waals surface area contributed by atoms with Crippen LogP contribution in [-0.4, -0.2) is 91.1 Å². The molecule has 0 aliphatic carbocycles. The lowest BCUT2D eigenvalue weighted by Crippen LogP contribution is -2.52. The highest BCUT2D eigenvalue weighted by Gasteiger charge is 2.40. The van der Waals surface area contributed by atoms with Crippen molar-refractivity contribution in [3.8, 4) is 11.5 Å². The molecule has 0 aromatic heterocycles. The van der Waals surface area contributed by atoms with Crippen LogP contribution in [0.5, 0.6) is 11.5 Å². The van der Waals surface area contributed by atoms with Crippen molar-refractivity contribution in [1.29, 1.82) is 0 Å². The lowest BCUT2D eigenvalue weighted by Gasteiger charge is -2.40. The zero-order chi connectivity index (χ0) is 39.4. The molecule has 0 bridgehead atoms. The van der Waals surface area contributed by atoms with Gasteiger partial charge in [-0.15, -0.1) is 0 Å². The van der Waals surface area contributed by atoms with Gasteiger partial charge in [0.15, 0.2) is 0 Å². The summed E-state index contributed by atoms with van der Waals surface area (Å²) in [6.45, 7) is 8.76. The summed E-state index contributed by atoms with van der Waals surface area (Å²) in [6, 6.07) is 20.7. The number of rotatable bonds is 7. The van der Waals surface area contributed by atoms with Crippen LogP contribution in [0.15, 0.2) is 72.8 Å². The molecule has 296 valence electrons. The van der Waals surface area contributed by atoms with Gasteiger partial charge in [-0.1, -0.05) is 18.2 Å². The summed E-state index contributed by atoms with van der Waals surface area (Å²) in [5, 5.41) is 12.5. The average molecular weight is 776 g/mol. The van der Waals surface area contributed by atoms with Crippen molar-refractivity contribution in [3.63, 3.8) is 0 Å². The van der Waals surface area contributed by atoms with Crippen LogP contribution < -0.4 is 19.9 Å². The Morgan fingerprint density at radius 2 is 1.61 bits per heavy atom. The molecule has 57 heavy (non-hydrogen) atoms. The lowest BCUT2D eigenvalue weighted by atomic mass is 9.74. The van der Waals surface area contributed by atoms with Crippen molar-refractivity contribution in [3.05, 3.63) is 118 Å². The number of piperazine rings is 1.